The van der Waals surface area contributed by atoms with Gasteiger partial charge in [-0.1, -0.05) is 12.1 Å². The van der Waals surface area contributed by atoms with E-state index in [2.05, 4.69) is 0 Å². The fourth-order valence-electron chi connectivity index (χ4n) is 2.12. The SMILES string of the molecule is CCOC(=O)CCc1cccc(N)c1CCC(=O)OCC. The molecule has 5 nitrogen and oxygen atoms in total. The number of benzene rings is 1. The summed E-state index contributed by atoms with van der Waals surface area (Å²) in [5.41, 5.74) is 8.51. The van der Waals surface area contributed by atoms with Crippen molar-refractivity contribution in [2.24, 2.45) is 0 Å². The van der Waals surface area contributed by atoms with E-state index in [1.165, 1.54) is 0 Å². The predicted octanol–water partition coefficient (Wildman–Crippen LogP) is 2.26. The zero-order valence-electron chi connectivity index (χ0n) is 12.7. The number of hydrogen-bond acceptors (Lipinski definition) is 5. The van der Waals surface area contributed by atoms with E-state index in [4.69, 9.17) is 15.2 Å². The first kappa shape index (κ1) is 17.0. The molecule has 0 heterocycles. The third-order valence-electron chi connectivity index (χ3n) is 3.10. The highest BCUT2D eigenvalue weighted by molar-refractivity contribution is 5.71. The average Bonchev–Trinajstić information content (AvgIpc) is 2.44. The molecule has 0 aliphatic carbocycles. The summed E-state index contributed by atoms with van der Waals surface area (Å²) in [6.07, 6.45) is 1.67. The van der Waals surface area contributed by atoms with Gasteiger partial charge in [0.25, 0.3) is 0 Å². The van der Waals surface area contributed by atoms with E-state index in [9.17, 15) is 9.59 Å². The number of rotatable bonds is 8. The quantitative estimate of drug-likeness (QED) is 0.587. The second-order valence-corrected chi connectivity index (χ2v) is 4.59. The fraction of sp³-hybridized carbons (Fsp3) is 0.500. The standard InChI is InChI=1S/C16H23NO4/c1-3-20-15(18)10-8-12-6-5-7-14(17)13(12)9-11-16(19)21-4-2/h5-7H,3-4,8-11,17H2,1-2H3. The highest BCUT2D eigenvalue weighted by Crippen LogP contribution is 2.21. The minimum atomic E-state index is -0.239. The van der Waals surface area contributed by atoms with Gasteiger partial charge in [0.2, 0.25) is 0 Å². The van der Waals surface area contributed by atoms with E-state index in [0.717, 1.165) is 11.1 Å². The molecule has 0 radical (unpaired) electrons. The minimum absolute atomic E-state index is 0.226. The predicted molar refractivity (Wildman–Crippen MR) is 80.8 cm³/mol. The molecule has 0 fully saturated rings. The zero-order chi connectivity index (χ0) is 15.7. The van der Waals surface area contributed by atoms with Crippen molar-refractivity contribution in [1.29, 1.82) is 0 Å². The number of carbonyl (C=O) groups is 2. The van der Waals surface area contributed by atoms with Crippen molar-refractivity contribution in [3.63, 3.8) is 0 Å². The van der Waals surface area contributed by atoms with Crippen LogP contribution in [0.15, 0.2) is 18.2 Å². The minimum Gasteiger partial charge on any atom is -0.466 e. The van der Waals surface area contributed by atoms with E-state index in [-0.39, 0.29) is 18.4 Å². The van der Waals surface area contributed by atoms with E-state index >= 15 is 0 Å². The molecule has 0 unspecified atom stereocenters. The number of nitrogens with two attached hydrogens (primary N) is 1. The largest absolute Gasteiger partial charge is 0.466 e. The van der Waals surface area contributed by atoms with Gasteiger partial charge < -0.3 is 15.2 Å². The van der Waals surface area contributed by atoms with Crippen molar-refractivity contribution in [3.8, 4) is 0 Å². The number of hydrogen-bond donors (Lipinski definition) is 1. The summed E-state index contributed by atoms with van der Waals surface area (Å²) in [4.78, 5) is 22.9. The van der Waals surface area contributed by atoms with Gasteiger partial charge in [-0.25, -0.2) is 0 Å². The van der Waals surface area contributed by atoms with Crippen LogP contribution in [0.3, 0.4) is 0 Å². The van der Waals surface area contributed by atoms with Gasteiger partial charge in [0, 0.05) is 18.5 Å². The summed E-state index contributed by atoms with van der Waals surface area (Å²) in [5.74, 6) is -0.464. The second-order valence-electron chi connectivity index (χ2n) is 4.59. The van der Waals surface area contributed by atoms with Gasteiger partial charge in [0.05, 0.1) is 13.2 Å². The van der Waals surface area contributed by atoms with Crippen LogP contribution in [-0.2, 0) is 31.9 Å². The fourth-order valence-corrected chi connectivity index (χ4v) is 2.12. The molecule has 0 aliphatic rings. The molecule has 0 bridgehead atoms. The number of carbonyl (C=O) groups excluding carboxylic acids is 2. The van der Waals surface area contributed by atoms with Gasteiger partial charge in [0.15, 0.2) is 0 Å². The second kappa shape index (κ2) is 9.00. The number of anilines is 1. The Morgan fingerprint density at radius 2 is 1.57 bits per heavy atom. The summed E-state index contributed by atoms with van der Waals surface area (Å²) in [7, 11) is 0. The molecule has 1 rings (SSSR count). The first-order valence-electron chi connectivity index (χ1n) is 7.25. The molecule has 1 aromatic carbocycles. The molecule has 116 valence electrons. The van der Waals surface area contributed by atoms with Crippen molar-refractivity contribution in [2.45, 2.75) is 39.5 Å². The third kappa shape index (κ3) is 5.85. The molecule has 1 aromatic rings. The Labute approximate surface area is 125 Å². The van der Waals surface area contributed by atoms with Gasteiger partial charge in [-0.05, 0) is 43.9 Å². The molecule has 0 aliphatic heterocycles. The Morgan fingerprint density at radius 3 is 2.14 bits per heavy atom. The van der Waals surface area contributed by atoms with Crippen molar-refractivity contribution in [2.75, 3.05) is 18.9 Å². The molecule has 21 heavy (non-hydrogen) atoms. The van der Waals surface area contributed by atoms with Crippen LogP contribution in [0.4, 0.5) is 5.69 Å². The molecule has 0 saturated carbocycles. The molecule has 0 spiro atoms. The first-order valence-corrected chi connectivity index (χ1v) is 7.25. The molecule has 0 atom stereocenters. The molecule has 2 N–H and O–H groups in total. The van der Waals surface area contributed by atoms with E-state index in [1.807, 2.05) is 12.1 Å². The Balaban J connectivity index is 2.69. The number of nitrogen functional groups attached to an aromatic ring is 1. The maximum absolute atomic E-state index is 11.5. The van der Waals surface area contributed by atoms with Crippen LogP contribution >= 0.6 is 0 Å². The van der Waals surface area contributed by atoms with E-state index in [0.29, 0.717) is 38.2 Å². The van der Waals surface area contributed by atoms with Crippen LogP contribution in [0.25, 0.3) is 0 Å². The van der Waals surface area contributed by atoms with Gasteiger partial charge in [-0.3, -0.25) is 9.59 Å². The molecular formula is C16H23NO4. The van der Waals surface area contributed by atoms with Crippen molar-refractivity contribution >= 4 is 17.6 Å². The van der Waals surface area contributed by atoms with Gasteiger partial charge in [0.1, 0.15) is 0 Å². The lowest BCUT2D eigenvalue weighted by Gasteiger charge is -2.12. The monoisotopic (exact) mass is 293 g/mol. The normalized spacial score (nSPS) is 10.2. The van der Waals surface area contributed by atoms with Crippen molar-refractivity contribution in [3.05, 3.63) is 29.3 Å². The van der Waals surface area contributed by atoms with E-state index in [1.54, 1.807) is 19.9 Å². The highest BCUT2D eigenvalue weighted by Gasteiger charge is 2.11. The summed E-state index contributed by atoms with van der Waals surface area (Å²) in [6.45, 7) is 4.31. The van der Waals surface area contributed by atoms with Crippen LogP contribution in [0.1, 0.15) is 37.8 Å². The van der Waals surface area contributed by atoms with Crippen LogP contribution in [0.2, 0.25) is 0 Å². The summed E-state index contributed by atoms with van der Waals surface area (Å²) < 4.78 is 9.84. The highest BCUT2D eigenvalue weighted by atomic mass is 16.5. The van der Waals surface area contributed by atoms with Gasteiger partial charge >= 0.3 is 11.9 Å². The Bertz CT molecular complexity index is 485. The lowest BCUT2D eigenvalue weighted by Crippen LogP contribution is -2.10. The lowest BCUT2D eigenvalue weighted by molar-refractivity contribution is -0.144. The third-order valence-corrected chi connectivity index (χ3v) is 3.10. The number of ether oxygens (including phenoxy) is 2. The molecule has 0 amide bonds. The first-order chi connectivity index (χ1) is 10.1. The van der Waals surface area contributed by atoms with Crippen molar-refractivity contribution in [1.82, 2.24) is 0 Å². The lowest BCUT2D eigenvalue weighted by atomic mass is 9.97. The summed E-state index contributed by atoms with van der Waals surface area (Å²) in [6, 6.07) is 5.58. The molecular weight excluding hydrogens is 270 g/mol. The number of esters is 2. The van der Waals surface area contributed by atoms with Crippen molar-refractivity contribution < 1.29 is 19.1 Å². The van der Waals surface area contributed by atoms with Gasteiger partial charge in [-0.2, -0.15) is 0 Å². The van der Waals surface area contributed by atoms with Crippen LogP contribution in [0, 0.1) is 0 Å². The maximum atomic E-state index is 11.5. The average molecular weight is 293 g/mol. The van der Waals surface area contributed by atoms with Crippen LogP contribution in [-0.4, -0.2) is 25.2 Å². The number of aryl methyl sites for hydroxylation is 1. The molecule has 0 saturated heterocycles. The van der Waals surface area contributed by atoms with E-state index < -0.39 is 0 Å². The topological polar surface area (TPSA) is 78.6 Å². The molecule has 5 heteroatoms. The Morgan fingerprint density at radius 1 is 1.00 bits per heavy atom. The Hall–Kier alpha value is -2.04. The molecule has 0 aromatic heterocycles. The van der Waals surface area contributed by atoms with Crippen LogP contribution < -0.4 is 5.73 Å². The maximum Gasteiger partial charge on any atom is 0.306 e. The zero-order valence-corrected chi connectivity index (χ0v) is 12.7. The summed E-state index contributed by atoms with van der Waals surface area (Å²) in [5, 5.41) is 0. The smallest absolute Gasteiger partial charge is 0.306 e. The van der Waals surface area contributed by atoms with Crippen LogP contribution in [0.5, 0.6) is 0 Å². The summed E-state index contributed by atoms with van der Waals surface area (Å²) >= 11 is 0. The Kier molecular flexibility index (Phi) is 7.29. The van der Waals surface area contributed by atoms with Gasteiger partial charge in [-0.15, -0.1) is 0 Å².